The molecule has 0 aliphatic carbocycles. The van der Waals surface area contributed by atoms with Crippen molar-refractivity contribution in [1.29, 1.82) is 0 Å². The number of carbonyl (C=O) groups excluding carboxylic acids is 1. The monoisotopic (exact) mass is 410 g/mol. The summed E-state index contributed by atoms with van der Waals surface area (Å²) in [7, 11) is 0. The van der Waals surface area contributed by atoms with E-state index in [4.69, 9.17) is 27.9 Å². The van der Waals surface area contributed by atoms with Crippen LogP contribution in [0.15, 0.2) is 53.5 Å². The van der Waals surface area contributed by atoms with Crippen LogP contribution in [0.4, 0.5) is 8.78 Å². The summed E-state index contributed by atoms with van der Waals surface area (Å²) in [6.07, 6.45) is 1.16. The quantitative estimate of drug-likeness (QED) is 0.605. The van der Waals surface area contributed by atoms with Gasteiger partial charge in [-0.3, -0.25) is 4.79 Å². The second-order valence-electron chi connectivity index (χ2n) is 5.33. The highest BCUT2D eigenvalue weighted by Crippen LogP contribution is 2.19. The van der Waals surface area contributed by atoms with E-state index in [1.165, 1.54) is 24.3 Å². The molecular formula is C18H10Cl2F2N2O3. The average molecular weight is 411 g/mol. The lowest BCUT2D eigenvalue weighted by Crippen LogP contribution is -2.24. The third-order valence-corrected chi connectivity index (χ3v) is 4.37. The number of nitrogens with zero attached hydrogens (tertiary/aromatic N) is 2. The van der Waals surface area contributed by atoms with E-state index in [2.05, 4.69) is 5.10 Å². The van der Waals surface area contributed by atoms with Gasteiger partial charge in [-0.1, -0.05) is 47.5 Å². The SMILES string of the molecule is O=C(OCc1cccc(F)c1F)c1ccccc1-n1ncc(Cl)c(Cl)c1=O. The molecule has 2 aromatic carbocycles. The molecule has 1 heterocycles. The number of carbonyl (C=O) groups is 1. The molecule has 9 heteroatoms. The van der Waals surface area contributed by atoms with Gasteiger partial charge in [0.25, 0.3) is 5.56 Å². The maximum atomic E-state index is 13.7. The Kier molecular flexibility index (Phi) is 5.53. The zero-order valence-corrected chi connectivity index (χ0v) is 15.0. The topological polar surface area (TPSA) is 61.2 Å². The molecule has 27 heavy (non-hydrogen) atoms. The van der Waals surface area contributed by atoms with Crippen LogP contribution < -0.4 is 5.56 Å². The fraction of sp³-hybridized carbons (Fsp3) is 0.0556. The van der Waals surface area contributed by atoms with Crippen LogP contribution in [-0.4, -0.2) is 15.7 Å². The largest absolute Gasteiger partial charge is 0.457 e. The lowest BCUT2D eigenvalue weighted by Gasteiger charge is -2.11. The molecule has 0 atom stereocenters. The lowest BCUT2D eigenvalue weighted by molar-refractivity contribution is 0.0468. The molecule has 0 amide bonds. The standard InChI is InChI=1S/C18H10Cl2F2N2O3/c19-12-8-23-24(17(25)15(12)20)14-7-2-1-5-11(14)18(26)27-9-10-4-3-6-13(21)16(10)22/h1-8H,9H2. The van der Waals surface area contributed by atoms with E-state index in [0.29, 0.717) is 0 Å². The van der Waals surface area contributed by atoms with Gasteiger partial charge in [0.15, 0.2) is 11.6 Å². The van der Waals surface area contributed by atoms with Gasteiger partial charge in [0, 0.05) is 5.56 Å². The minimum absolute atomic E-state index is 0.0118. The molecule has 0 fully saturated rings. The molecule has 0 spiro atoms. The molecule has 0 saturated heterocycles. The summed E-state index contributed by atoms with van der Waals surface area (Å²) in [4.78, 5) is 24.7. The predicted octanol–water partition coefficient (Wildman–Crippen LogP) is 4.17. The molecule has 0 N–H and O–H groups in total. The van der Waals surface area contributed by atoms with Crippen LogP contribution in [0.5, 0.6) is 0 Å². The Bertz CT molecular complexity index is 1090. The average Bonchev–Trinajstić information content (AvgIpc) is 2.67. The summed E-state index contributed by atoms with van der Waals surface area (Å²) in [5, 5.41) is 3.59. The van der Waals surface area contributed by atoms with E-state index >= 15 is 0 Å². The number of rotatable bonds is 4. The highest BCUT2D eigenvalue weighted by atomic mass is 35.5. The van der Waals surface area contributed by atoms with Gasteiger partial charge in [0.1, 0.15) is 11.6 Å². The minimum atomic E-state index is -1.10. The van der Waals surface area contributed by atoms with Crippen molar-refractivity contribution in [2.45, 2.75) is 6.61 Å². The molecule has 3 aromatic rings. The van der Waals surface area contributed by atoms with Crippen LogP contribution in [0.1, 0.15) is 15.9 Å². The highest BCUT2D eigenvalue weighted by molar-refractivity contribution is 6.41. The van der Waals surface area contributed by atoms with Gasteiger partial charge < -0.3 is 4.74 Å². The Morgan fingerprint density at radius 2 is 1.85 bits per heavy atom. The number of para-hydroxylation sites is 1. The fourth-order valence-electron chi connectivity index (χ4n) is 2.30. The van der Waals surface area contributed by atoms with Crippen LogP contribution in [0.2, 0.25) is 10.0 Å². The molecule has 3 rings (SSSR count). The molecule has 0 radical (unpaired) electrons. The Labute approximate surface area is 161 Å². The number of halogens is 4. The first-order valence-corrected chi connectivity index (χ1v) is 8.28. The van der Waals surface area contributed by atoms with Crippen LogP contribution in [0, 0.1) is 11.6 Å². The molecule has 0 aliphatic rings. The van der Waals surface area contributed by atoms with Crippen LogP contribution in [0.3, 0.4) is 0 Å². The van der Waals surface area contributed by atoms with Crippen LogP contribution in [-0.2, 0) is 11.3 Å². The third-order valence-electron chi connectivity index (χ3n) is 3.62. The zero-order chi connectivity index (χ0) is 19.6. The number of aromatic nitrogens is 2. The zero-order valence-electron chi connectivity index (χ0n) is 13.5. The summed E-state index contributed by atoms with van der Waals surface area (Å²) in [6.45, 7) is -0.486. The summed E-state index contributed by atoms with van der Waals surface area (Å²) in [6, 6.07) is 9.53. The maximum Gasteiger partial charge on any atom is 0.340 e. The van der Waals surface area contributed by atoms with Crippen LogP contribution in [0.25, 0.3) is 5.69 Å². The summed E-state index contributed by atoms with van der Waals surface area (Å²) < 4.78 is 32.9. The molecular weight excluding hydrogens is 401 g/mol. The third kappa shape index (κ3) is 3.84. The maximum absolute atomic E-state index is 13.7. The predicted molar refractivity (Wildman–Crippen MR) is 95.3 cm³/mol. The Morgan fingerprint density at radius 3 is 2.63 bits per heavy atom. The Balaban J connectivity index is 1.92. The van der Waals surface area contributed by atoms with E-state index in [1.807, 2.05) is 0 Å². The number of hydrogen-bond acceptors (Lipinski definition) is 4. The van der Waals surface area contributed by atoms with Crippen molar-refractivity contribution < 1.29 is 18.3 Å². The first-order chi connectivity index (χ1) is 12.9. The molecule has 138 valence electrons. The second kappa shape index (κ2) is 7.85. The van der Waals surface area contributed by atoms with Crippen LogP contribution >= 0.6 is 23.2 Å². The van der Waals surface area contributed by atoms with Crippen molar-refractivity contribution in [2.75, 3.05) is 0 Å². The molecule has 0 saturated carbocycles. The lowest BCUT2D eigenvalue weighted by atomic mass is 10.1. The summed E-state index contributed by atoms with van der Waals surface area (Å²) in [5.41, 5.74) is -0.751. The smallest absolute Gasteiger partial charge is 0.340 e. The van der Waals surface area contributed by atoms with Crippen molar-refractivity contribution in [2.24, 2.45) is 0 Å². The fourth-order valence-corrected chi connectivity index (χ4v) is 2.55. The van der Waals surface area contributed by atoms with Gasteiger partial charge in [-0.25, -0.2) is 13.6 Å². The van der Waals surface area contributed by atoms with Gasteiger partial charge in [-0.05, 0) is 18.2 Å². The van der Waals surface area contributed by atoms with E-state index in [1.54, 1.807) is 12.1 Å². The van der Waals surface area contributed by atoms with Crippen molar-refractivity contribution >= 4 is 29.2 Å². The van der Waals surface area contributed by atoms with Crippen molar-refractivity contribution in [3.63, 3.8) is 0 Å². The van der Waals surface area contributed by atoms with Gasteiger partial charge in [-0.15, -0.1) is 0 Å². The molecule has 5 nitrogen and oxygen atoms in total. The van der Waals surface area contributed by atoms with E-state index < -0.39 is 29.8 Å². The normalized spacial score (nSPS) is 10.7. The molecule has 0 bridgehead atoms. The molecule has 1 aromatic heterocycles. The van der Waals surface area contributed by atoms with Gasteiger partial charge in [0.05, 0.1) is 22.5 Å². The number of benzene rings is 2. The number of hydrogen-bond donors (Lipinski definition) is 0. The first kappa shape index (κ1) is 19.0. The second-order valence-corrected chi connectivity index (χ2v) is 6.11. The minimum Gasteiger partial charge on any atom is -0.457 e. The summed E-state index contributed by atoms with van der Waals surface area (Å²) in [5.74, 6) is -2.99. The van der Waals surface area contributed by atoms with Crippen molar-refractivity contribution in [3.05, 3.63) is 91.8 Å². The van der Waals surface area contributed by atoms with Gasteiger partial charge in [-0.2, -0.15) is 9.78 Å². The van der Waals surface area contributed by atoms with Gasteiger partial charge >= 0.3 is 5.97 Å². The Morgan fingerprint density at radius 1 is 1.11 bits per heavy atom. The summed E-state index contributed by atoms with van der Waals surface area (Å²) >= 11 is 11.6. The highest BCUT2D eigenvalue weighted by Gasteiger charge is 2.18. The van der Waals surface area contributed by atoms with E-state index in [0.717, 1.165) is 16.9 Å². The van der Waals surface area contributed by atoms with Crippen molar-refractivity contribution in [3.8, 4) is 5.69 Å². The van der Waals surface area contributed by atoms with Crippen molar-refractivity contribution in [1.82, 2.24) is 9.78 Å². The Hall–Kier alpha value is -2.77. The molecule has 0 aliphatic heterocycles. The van der Waals surface area contributed by atoms with E-state index in [-0.39, 0.29) is 26.9 Å². The number of esters is 1. The molecule has 0 unspecified atom stereocenters. The van der Waals surface area contributed by atoms with E-state index in [9.17, 15) is 18.4 Å². The first-order valence-electron chi connectivity index (χ1n) is 7.53. The number of ether oxygens (including phenoxy) is 1. The van der Waals surface area contributed by atoms with Gasteiger partial charge in [0.2, 0.25) is 0 Å².